The number of hydrogen-bond donors (Lipinski definition) is 2. The Morgan fingerprint density at radius 2 is 1.76 bits per heavy atom. The number of pyridine rings is 1. The Bertz CT molecular complexity index is 1230. The summed E-state index contributed by atoms with van der Waals surface area (Å²) in [5.41, 5.74) is 9.42. The number of aryl methyl sites for hydroxylation is 1. The van der Waals surface area contributed by atoms with Crippen LogP contribution in [0, 0.1) is 29.6 Å². The van der Waals surface area contributed by atoms with Crippen molar-refractivity contribution in [2.45, 2.75) is 25.3 Å². The molecule has 0 bridgehead atoms. The number of nitrogens with two attached hydrogens (primary N) is 1. The van der Waals surface area contributed by atoms with E-state index in [1.165, 1.54) is 11.8 Å². The molecule has 0 atom stereocenters. The van der Waals surface area contributed by atoms with Crippen LogP contribution in [0.15, 0.2) is 53.6 Å². The van der Waals surface area contributed by atoms with Gasteiger partial charge in [-0.1, -0.05) is 29.8 Å². The number of ether oxygens (including phenoxy) is 1. The Morgan fingerprint density at radius 1 is 1.09 bits per heavy atom. The van der Waals surface area contributed by atoms with Crippen LogP contribution in [0.5, 0.6) is 5.75 Å². The lowest BCUT2D eigenvalue weighted by Crippen LogP contribution is -2.12. The maximum absolute atomic E-state index is 12.3. The van der Waals surface area contributed by atoms with Crippen LogP contribution >= 0.6 is 11.8 Å². The molecule has 1 heterocycles. The minimum absolute atomic E-state index is 0.0633. The second-order valence-corrected chi connectivity index (χ2v) is 8.20. The van der Waals surface area contributed by atoms with Gasteiger partial charge in [0.05, 0.1) is 12.2 Å². The fraction of sp³-hybridized carbons (Fsp3) is 0.200. The number of aromatic nitrogens is 1. The topological polar surface area (TPSA) is 125 Å². The van der Waals surface area contributed by atoms with Gasteiger partial charge < -0.3 is 15.8 Å². The maximum Gasteiger partial charge on any atom is 0.225 e. The third kappa shape index (κ3) is 5.82. The van der Waals surface area contributed by atoms with Crippen molar-refractivity contribution >= 4 is 29.2 Å². The minimum Gasteiger partial charge on any atom is -0.494 e. The zero-order chi connectivity index (χ0) is 23.8. The van der Waals surface area contributed by atoms with E-state index in [9.17, 15) is 15.3 Å². The van der Waals surface area contributed by atoms with E-state index in [0.29, 0.717) is 28.6 Å². The zero-order valence-electron chi connectivity index (χ0n) is 18.4. The summed E-state index contributed by atoms with van der Waals surface area (Å²) in [4.78, 5) is 16.6. The number of nitrogens with one attached hydrogen (secondary N) is 1. The van der Waals surface area contributed by atoms with E-state index < -0.39 is 0 Å². The molecule has 33 heavy (non-hydrogen) atoms. The number of carbonyl (C=O) groups excluding carboxylic acids is 1. The highest BCUT2D eigenvalue weighted by molar-refractivity contribution is 7.99. The summed E-state index contributed by atoms with van der Waals surface area (Å²) in [7, 11) is 0. The predicted octanol–water partition coefficient (Wildman–Crippen LogP) is 4.90. The molecule has 3 N–H and O–H groups in total. The normalized spacial score (nSPS) is 10.2. The van der Waals surface area contributed by atoms with Crippen molar-refractivity contribution in [3.63, 3.8) is 0 Å². The number of rotatable bonds is 8. The Labute approximate surface area is 197 Å². The van der Waals surface area contributed by atoms with Crippen molar-refractivity contribution in [3.05, 3.63) is 65.2 Å². The summed E-state index contributed by atoms with van der Waals surface area (Å²) in [6.45, 7) is 4.44. The van der Waals surface area contributed by atoms with Gasteiger partial charge in [0.1, 0.15) is 34.3 Å². The lowest BCUT2D eigenvalue weighted by molar-refractivity contribution is -0.115. The number of nitrogen functional groups attached to an aromatic ring is 1. The first-order chi connectivity index (χ1) is 16.0. The summed E-state index contributed by atoms with van der Waals surface area (Å²) in [6, 6.07) is 18.9. The quantitative estimate of drug-likeness (QED) is 0.461. The van der Waals surface area contributed by atoms with Gasteiger partial charge in [-0.25, -0.2) is 4.98 Å². The molecule has 0 aliphatic carbocycles. The highest BCUT2D eigenvalue weighted by atomic mass is 32.2. The summed E-state index contributed by atoms with van der Waals surface area (Å²) in [6.07, 6.45) is 0.212. The Kier molecular flexibility index (Phi) is 7.91. The van der Waals surface area contributed by atoms with E-state index in [1.807, 2.05) is 38.1 Å². The highest BCUT2D eigenvalue weighted by Crippen LogP contribution is 2.35. The highest BCUT2D eigenvalue weighted by Gasteiger charge is 2.20. The molecule has 0 radical (unpaired) electrons. The smallest absolute Gasteiger partial charge is 0.225 e. The third-order valence-corrected chi connectivity index (χ3v) is 5.75. The average Bonchev–Trinajstić information content (AvgIpc) is 2.81. The van der Waals surface area contributed by atoms with Gasteiger partial charge in [-0.05, 0) is 43.7 Å². The van der Waals surface area contributed by atoms with Crippen LogP contribution in [0.25, 0.3) is 11.1 Å². The van der Waals surface area contributed by atoms with Crippen LogP contribution in [0.1, 0.15) is 30.0 Å². The maximum atomic E-state index is 12.3. The molecule has 0 saturated heterocycles. The summed E-state index contributed by atoms with van der Waals surface area (Å²) in [5, 5.41) is 22.7. The van der Waals surface area contributed by atoms with Gasteiger partial charge in [0.2, 0.25) is 5.91 Å². The van der Waals surface area contributed by atoms with Crippen LogP contribution in [-0.2, 0) is 4.79 Å². The number of nitriles is 2. The fourth-order valence-corrected chi connectivity index (χ4v) is 4.11. The molecule has 0 aliphatic rings. The van der Waals surface area contributed by atoms with Crippen LogP contribution in [0.3, 0.4) is 0 Å². The first-order valence-corrected chi connectivity index (χ1v) is 11.3. The molecule has 3 rings (SSSR count). The number of thioether (sulfide) groups is 1. The van der Waals surface area contributed by atoms with Crippen molar-refractivity contribution in [2.75, 3.05) is 23.4 Å². The first-order valence-electron chi connectivity index (χ1n) is 10.3. The second kappa shape index (κ2) is 11.0. The van der Waals surface area contributed by atoms with Crippen LogP contribution in [0.4, 0.5) is 11.5 Å². The SMILES string of the molecule is CCOc1ccc(NC(=O)CCSc2nc(N)c(C#N)c(-c3ccc(C)cc3)c2C#N)cc1. The van der Waals surface area contributed by atoms with Gasteiger partial charge >= 0.3 is 0 Å². The second-order valence-electron chi connectivity index (χ2n) is 7.12. The van der Waals surface area contributed by atoms with Crippen molar-refractivity contribution in [1.29, 1.82) is 10.5 Å². The van der Waals surface area contributed by atoms with Gasteiger partial charge in [-0.2, -0.15) is 10.5 Å². The summed E-state index contributed by atoms with van der Waals surface area (Å²) < 4.78 is 5.40. The molecule has 0 aliphatic heterocycles. The number of benzene rings is 2. The Balaban J connectivity index is 1.74. The standard InChI is InChI=1S/C25H23N5O2S/c1-3-32-19-10-8-18(9-11-19)29-22(31)12-13-33-25-21(15-27)23(20(14-26)24(28)30-25)17-6-4-16(2)5-7-17/h4-11H,3,12-13H2,1-2H3,(H2,28,30)(H,29,31). The summed E-state index contributed by atoms with van der Waals surface area (Å²) in [5.74, 6) is 1.03. The van der Waals surface area contributed by atoms with Crippen molar-refractivity contribution in [1.82, 2.24) is 4.98 Å². The molecule has 3 aromatic rings. The lowest BCUT2D eigenvalue weighted by atomic mass is 9.96. The van der Waals surface area contributed by atoms with Gasteiger partial charge in [0.25, 0.3) is 0 Å². The van der Waals surface area contributed by atoms with Gasteiger partial charge in [0, 0.05) is 23.4 Å². The molecule has 8 heteroatoms. The van der Waals surface area contributed by atoms with E-state index in [-0.39, 0.29) is 29.3 Å². The van der Waals surface area contributed by atoms with Gasteiger partial charge in [0.15, 0.2) is 0 Å². The zero-order valence-corrected chi connectivity index (χ0v) is 19.2. The molecular weight excluding hydrogens is 434 g/mol. The number of anilines is 2. The van der Waals surface area contributed by atoms with E-state index in [1.54, 1.807) is 24.3 Å². The lowest BCUT2D eigenvalue weighted by Gasteiger charge is -2.13. The Hall–Kier alpha value is -4.01. The van der Waals surface area contributed by atoms with Crippen molar-refractivity contribution in [3.8, 4) is 29.0 Å². The number of amides is 1. The first kappa shape index (κ1) is 23.6. The van der Waals surface area contributed by atoms with Crippen molar-refractivity contribution in [2.24, 2.45) is 0 Å². The van der Waals surface area contributed by atoms with Gasteiger partial charge in [-0.15, -0.1) is 11.8 Å². The van der Waals surface area contributed by atoms with Crippen LogP contribution < -0.4 is 15.8 Å². The molecule has 0 spiro atoms. The van der Waals surface area contributed by atoms with Crippen molar-refractivity contribution < 1.29 is 9.53 Å². The molecule has 0 fully saturated rings. The molecular formula is C25H23N5O2S. The predicted molar refractivity (Wildman–Crippen MR) is 130 cm³/mol. The molecule has 7 nitrogen and oxygen atoms in total. The molecule has 166 valence electrons. The van der Waals surface area contributed by atoms with Gasteiger partial charge in [-0.3, -0.25) is 4.79 Å². The van der Waals surface area contributed by atoms with Crippen LogP contribution in [-0.4, -0.2) is 23.3 Å². The molecule has 1 amide bonds. The largest absolute Gasteiger partial charge is 0.494 e. The monoisotopic (exact) mass is 457 g/mol. The molecule has 0 saturated carbocycles. The van der Waals surface area contributed by atoms with E-state index in [4.69, 9.17) is 10.5 Å². The molecule has 1 aromatic heterocycles. The summed E-state index contributed by atoms with van der Waals surface area (Å²) >= 11 is 1.26. The minimum atomic E-state index is -0.162. The fourth-order valence-electron chi connectivity index (χ4n) is 3.18. The number of hydrogen-bond acceptors (Lipinski definition) is 7. The number of carbonyl (C=O) groups is 1. The third-order valence-electron chi connectivity index (χ3n) is 4.77. The molecule has 0 unspecified atom stereocenters. The van der Waals surface area contributed by atoms with E-state index in [2.05, 4.69) is 22.4 Å². The molecule has 2 aromatic carbocycles. The van der Waals surface area contributed by atoms with E-state index in [0.717, 1.165) is 16.9 Å². The average molecular weight is 458 g/mol. The number of nitrogens with zero attached hydrogens (tertiary/aromatic N) is 3. The Morgan fingerprint density at radius 3 is 2.36 bits per heavy atom. The van der Waals surface area contributed by atoms with Crippen LogP contribution in [0.2, 0.25) is 0 Å². The van der Waals surface area contributed by atoms with E-state index >= 15 is 0 Å².